The molecule has 0 saturated heterocycles. The molecule has 0 unspecified atom stereocenters. The molecule has 3 nitrogen and oxygen atoms in total. The molecule has 4 heteroatoms. The maximum absolute atomic E-state index is 9.44. The number of hydrogen-bond acceptors (Lipinski definition) is 3. The lowest BCUT2D eigenvalue weighted by molar-refractivity contribution is 0.196. The Kier molecular flexibility index (Phi) is 1.89. The summed E-state index contributed by atoms with van der Waals surface area (Å²) in [6.07, 6.45) is 2.34. The second kappa shape index (κ2) is 3.04. The largest absolute Gasteiger partial charge is 0.508 e. The molecule has 3 rings (SSSR count). The van der Waals surface area contributed by atoms with Gasteiger partial charge in [0, 0.05) is 11.5 Å². The van der Waals surface area contributed by atoms with Crippen molar-refractivity contribution in [2.45, 2.75) is 12.8 Å². The minimum atomic E-state index is 0.191. The van der Waals surface area contributed by atoms with Crippen LogP contribution in [-0.2, 0) is 0 Å². The van der Waals surface area contributed by atoms with Crippen molar-refractivity contribution >= 4 is 15.9 Å². The van der Waals surface area contributed by atoms with Gasteiger partial charge in [-0.25, -0.2) is 0 Å². The first-order valence-electron chi connectivity index (χ1n) is 4.97. The lowest BCUT2D eigenvalue weighted by Gasteiger charge is -2.09. The van der Waals surface area contributed by atoms with Crippen molar-refractivity contribution < 1.29 is 14.6 Å². The second-order valence-electron chi connectivity index (χ2n) is 4.33. The third kappa shape index (κ3) is 1.57. The number of hydrogen-bond donors (Lipinski definition) is 1. The normalized spacial score (nSPS) is 21.1. The van der Waals surface area contributed by atoms with Crippen LogP contribution in [0.4, 0.5) is 0 Å². The fourth-order valence-electron chi connectivity index (χ4n) is 1.77. The first kappa shape index (κ1) is 9.33. The molecule has 2 aliphatic rings. The summed E-state index contributed by atoms with van der Waals surface area (Å²) in [4.78, 5) is 0. The summed E-state index contributed by atoms with van der Waals surface area (Å²) in [5.74, 6) is 1.53. The Balaban J connectivity index is 1.99. The van der Waals surface area contributed by atoms with Crippen LogP contribution in [0, 0.1) is 5.41 Å². The molecular weight excluding hydrogens is 260 g/mol. The standard InChI is InChI=1S/C11H11BrO3/c12-8-3-7(13)4-9-10(8)15-6-11(1-2-11)5-14-9/h3-4,13H,1-2,5-6H2. The number of halogens is 1. The molecule has 0 bridgehead atoms. The van der Waals surface area contributed by atoms with Gasteiger partial charge >= 0.3 is 0 Å². The molecule has 1 saturated carbocycles. The zero-order chi connectivity index (χ0) is 10.5. The number of fused-ring (bicyclic) bond motifs is 1. The Morgan fingerprint density at radius 2 is 1.93 bits per heavy atom. The molecule has 1 aliphatic carbocycles. The average molecular weight is 271 g/mol. The van der Waals surface area contributed by atoms with E-state index in [0.717, 1.165) is 4.47 Å². The maximum Gasteiger partial charge on any atom is 0.175 e. The summed E-state index contributed by atoms with van der Waals surface area (Å²) >= 11 is 3.36. The van der Waals surface area contributed by atoms with Crippen LogP contribution in [0.2, 0.25) is 0 Å². The van der Waals surface area contributed by atoms with Crippen LogP contribution < -0.4 is 9.47 Å². The van der Waals surface area contributed by atoms with Gasteiger partial charge in [0.05, 0.1) is 17.7 Å². The highest BCUT2D eigenvalue weighted by Gasteiger charge is 2.46. The van der Waals surface area contributed by atoms with Gasteiger partial charge in [0.1, 0.15) is 5.75 Å². The fourth-order valence-corrected chi connectivity index (χ4v) is 2.31. The zero-order valence-electron chi connectivity index (χ0n) is 8.12. The van der Waals surface area contributed by atoms with E-state index in [1.807, 2.05) is 0 Å². The van der Waals surface area contributed by atoms with E-state index in [-0.39, 0.29) is 11.2 Å². The van der Waals surface area contributed by atoms with Gasteiger partial charge < -0.3 is 14.6 Å². The van der Waals surface area contributed by atoms with Crippen molar-refractivity contribution in [2.75, 3.05) is 13.2 Å². The molecule has 1 N–H and O–H groups in total. The van der Waals surface area contributed by atoms with E-state index in [1.54, 1.807) is 12.1 Å². The lowest BCUT2D eigenvalue weighted by atomic mass is 10.1. The van der Waals surface area contributed by atoms with Crippen LogP contribution in [0.25, 0.3) is 0 Å². The summed E-state index contributed by atoms with van der Waals surface area (Å²) in [5.41, 5.74) is 0.230. The van der Waals surface area contributed by atoms with Crippen molar-refractivity contribution in [1.82, 2.24) is 0 Å². The second-order valence-corrected chi connectivity index (χ2v) is 5.19. The average Bonchev–Trinajstić information content (AvgIpc) is 2.96. The third-order valence-corrected chi connectivity index (χ3v) is 3.60. The van der Waals surface area contributed by atoms with Crippen molar-refractivity contribution in [3.8, 4) is 17.2 Å². The lowest BCUT2D eigenvalue weighted by Crippen LogP contribution is -2.17. The third-order valence-electron chi connectivity index (χ3n) is 3.01. The van der Waals surface area contributed by atoms with Crippen LogP contribution in [-0.4, -0.2) is 18.3 Å². The van der Waals surface area contributed by atoms with Crippen LogP contribution in [0.5, 0.6) is 17.2 Å². The molecule has 15 heavy (non-hydrogen) atoms. The van der Waals surface area contributed by atoms with Gasteiger partial charge in [-0.1, -0.05) is 0 Å². The molecule has 1 aromatic rings. The van der Waals surface area contributed by atoms with E-state index in [1.165, 1.54) is 12.8 Å². The van der Waals surface area contributed by atoms with Gasteiger partial charge in [0.25, 0.3) is 0 Å². The molecule has 0 aromatic heterocycles. The van der Waals surface area contributed by atoms with E-state index in [2.05, 4.69) is 15.9 Å². The predicted molar refractivity (Wildman–Crippen MR) is 58.5 cm³/mol. The van der Waals surface area contributed by atoms with Crippen molar-refractivity contribution in [3.05, 3.63) is 16.6 Å². The highest BCUT2D eigenvalue weighted by molar-refractivity contribution is 9.10. The number of benzene rings is 1. The maximum atomic E-state index is 9.44. The van der Waals surface area contributed by atoms with E-state index in [9.17, 15) is 5.11 Å². The molecule has 1 aromatic carbocycles. The first-order valence-corrected chi connectivity index (χ1v) is 5.76. The summed E-state index contributed by atoms with van der Waals surface area (Å²) in [5, 5.41) is 9.44. The quantitative estimate of drug-likeness (QED) is 0.788. The van der Waals surface area contributed by atoms with E-state index >= 15 is 0 Å². The minimum absolute atomic E-state index is 0.191. The van der Waals surface area contributed by atoms with Crippen LogP contribution in [0.3, 0.4) is 0 Å². The van der Waals surface area contributed by atoms with Gasteiger partial charge in [-0.3, -0.25) is 0 Å². The monoisotopic (exact) mass is 270 g/mol. The number of aromatic hydroxyl groups is 1. The Bertz CT molecular complexity index is 413. The van der Waals surface area contributed by atoms with Gasteiger partial charge in [-0.2, -0.15) is 0 Å². The van der Waals surface area contributed by atoms with E-state index in [0.29, 0.717) is 24.7 Å². The van der Waals surface area contributed by atoms with Crippen LogP contribution in [0.1, 0.15) is 12.8 Å². The molecule has 1 aliphatic heterocycles. The van der Waals surface area contributed by atoms with Crippen LogP contribution >= 0.6 is 15.9 Å². The number of phenols is 1. The van der Waals surface area contributed by atoms with Crippen LogP contribution in [0.15, 0.2) is 16.6 Å². The van der Waals surface area contributed by atoms with Crippen molar-refractivity contribution in [1.29, 1.82) is 0 Å². The molecule has 80 valence electrons. The summed E-state index contributed by atoms with van der Waals surface area (Å²) in [6, 6.07) is 3.22. The smallest absolute Gasteiger partial charge is 0.175 e. The number of rotatable bonds is 0. The SMILES string of the molecule is Oc1cc(Br)c2c(c1)OCC1(CC1)CO2. The van der Waals surface area contributed by atoms with Gasteiger partial charge in [0.15, 0.2) is 11.5 Å². The first-order chi connectivity index (χ1) is 7.19. The Hall–Kier alpha value is -0.900. The Labute approximate surface area is 96.1 Å². The molecular formula is C11H11BrO3. The van der Waals surface area contributed by atoms with Gasteiger partial charge in [-0.15, -0.1) is 0 Å². The van der Waals surface area contributed by atoms with Crippen molar-refractivity contribution in [2.24, 2.45) is 5.41 Å². The topological polar surface area (TPSA) is 38.7 Å². The fraction of sp³-hybridized carbons (Fsp3) is 0.455. The summed E-state index contributed by atoms with van der Waals surface area (Å²) in [6.45, 7) is 1.40. The molecule has 1 fully saturated rings. The zero-order valence-corrected chi connectivity index (χ0v) is 9.71. The number of ether oxygens (including phenoxy) is 2. The molecule has 1 spiro atoms. The van der Waals surface area contributed by atoms with Gasteiger partial charge in [-0.05, 0) is 34.8 Å². The molecule has 0 radical (unpaired) electrons. The predicted octanol–water partition coefficient (Wildman–Crippen LogP) is 2.71. The summed E-state index contributed by atoms with van der Waals surface area (Å²) in [7, 11) is 0. The molecule has 0 atom stereocenters. The number of phenolic OH excluding ortho intramolecular Hbond substituents is 1. The van der Waals surface area contributed by atoms with E-state index in [4.69, 9.17) is 9.47 Å². The van der Waals surface area contributed by atoms with Gasteiger partial charge in [0.2, 0.25) is 0 Å². The molecule has 0 amide bonds. The molecule has 1 heterocycles. The summed E-state index contributed by atoms with van der Waals surface area (Å²) < 4.78 is 12.1. The Morgan fingerprint density at radius 3 is 2.67 bits per heavy atom. The highest BCUT2D eigenvalue weighted by atomic mass is 79.9. The Morgan fingerprint density at radius 1 is 1.20 bits per heavy atom. The van der Waals surface area contributed by atoms with E-state index < -0.39 is 0 Å². The highest BCUT2D eigenvalue weighted by Crippen LogP contribution is 2.50. The van der Waals surface area contributed by atoms with Crippen molar-refractivity contribution in [3.63, 3.8) is 0 Å². The minimum Gasteiger partial charge on any atom is -0.508 e.